The lowest BCUT2D eigenvalue weighted by Gasteiger charge is -2.34. The van der Waals surface area contributed by atoms with E-state index < -0.39 is 0 Å². The molecule has 0 bridgehead atoms. The minimum atomic E-state index is 0.307. The summed E-state index contributed by atoms with van der Waals surface area (Å²) < 4.78 is 0. The van der Waals surface area contributed by atoms with Crippen LogP contribution in [0.5, 0.6) is 0 Å². The average molecular weight is 429 g/mol. The molecule has 7 nitrogen and oxygen atoms in total. The SMILES string of the molecule is Cc1nnc(Nc2cccc(C3CCN(C(=O)CCN4CCCC(C)C4)CC3)n2)s1. The van der Waals surface area contributed by atoms with Gasteiger partial charge in [-0.3, -0.25) is 4.79 Å². The monoisotopic (exact) mass is 428 g/mol. The molecular formula is C22H32N6OS. The lowest BCUT2D eigenvalue weighted by atomic mass is 9.93. The predicted molar refractivity (Wildman–Crippen MR) is 120 cm³/mol. The summed E-state index contributed by atoms with van der Waals surface area (Å²) in [4.78, 5) is 22.0. The second kappa shape index (κ2) is 9.83. The highest BCUT2D eigenvalue weighted by Gasteiger charge is 2.25. The molecule has 8 heteroatoms. The van der Waals surface area contributed by atoms with Crippen molar-refractivity contribution in [3.63, 3.8) is 0 Å². The zero-order valence-electron chi connectivity index (χ0n) is 18.0. The Morgan fingerprint density at radius 2 is 2.03 bits per heavy atom. The molecule has 30 heavy (non-hydrogen) atoms. The van der Waals surface area contributed by atoms with E-state index in [0.717, 1.165) is 73.1 Å². The van der Waals surface area contributed by atoms with Crippen molar-refractivity contribution in [1.29, 1.82) is 0 Å². The number of rotatable bonds is 6. The minimum absolute atomic E-state index is 0.307. The molecule has 162 valence electrons. The van der Waals surface area contributed by atoms with Crippen molar-refractivity contribution >= 4 is 28.2 Å². The third-order valence-electron chi connectivity index (χ3n) is 6.18. The lowest BCUT2D eigenvalue weighted by molar-refractivity contribution is -0.132. The molecule has 0 radical (unpaired) electrons. The Morgan fingerprint density at radius 3 is 2.77 bits per heavy atom. The van der Waals surface area contributed by atoms with Crippen molar-refractivity contribution < 1.29 is 4.79 Å². The van der Waals surface area contributed by atoms with Crippen molar-refractivity contribution in [2.45, 2.75) is 51.9 Å². The summed E-state index contributed by atoms with van der Waals surface area (Å²) in [6.45, 7) is 9.10. The molecule has 2 saturated heterocycles. The Hall–Kier alpha value is -2.06. The highest BCUT2D eigenvalue weighted by Crippen LogP contribution is 2.28. The van der Waals surface area contributed by atoms with E-state index in [1.165, 1.54) is 24.2 Å². The summed E-state index contributed by atoms with van der Waals surface area (Å²) in [6.07, 6.45) is 5.18. The minimum Gasteiger partial charge on any atom is -0.343 e. The number of carbonyl (C=O) groups is 1. The number of hydrogen-bond donors (Lipinski definition) is 1. The Bertz CT molecular complexity index is 848. The van der Waals surface area contributed by atoms with E-state index in [0.29, 0.717) is 18.2 Å². The van der Waals surface area contributed by atoms with Gasteiger partial charge >= 0.3 is 0 Å². The molecule has 2 aliphatic rings. The molecule has 4 rings (SSSR count). The van der Waals surface area contributed by atoms with Gasteiger partial charge in [0, 0.05) is 44.2 Å². The van der Waals surface area contributed by atoms with Crippen LogP contribution in [0, 0.1) is 12.8 Å². The van der Waals surface area contributed by atoms with E-state index in [2.05, 4.69) is 38.3 Å². The number of amides is 1. The van der Waals surface area contributed by atoms with E-state index in [9.17, 15) is 4.79 Å². The summed E-state index contributed by atoms with van der Waals surface area (Å²) >= 11 is 1.52. The lowest BCUT2D eigenvalue weighted by Crippen LogP contribution is -2.41. The summed E-state index contributed by atoms with van der Waals surface area (Å²) in [5.41, 5.74) is 1.09. The van der Waals surface area contributed by atoms with E-state index in [-0.39, 0.29) is 0 Å². The first kappa shape index (κ1) is 21.2. The van der Waals surface area contributed by atoms with Crippen molar-refractivity contribution in [2.24, 2.45) is 5.92 Å². The van der Waals surface area contributed by atoms with Gasteiger partial charge in [-0.2, -0.15) is 0 Å². The van der Waals surface area contributed by atoms with Crippen molar-refractivity contribution in [3.8, 4) is 0 Å². The van der Waals surface area contributed by atoms with Gasteiger partial charge in [0.2, 0.25) is 11.0 Å². The van der Waals surface area contributed by atoms with Crippen LogP contribution in [0.4, 0.5) is 10.9 Å². The number of carbonyl (C=O) groups excluding carboxylic acids is 1. The average Bonchev–Trinajstić information content (AvgIpc) is 3.17. The largest absolute Gasteiger partial charge is 0.343 e. The van der Waals surface area contributed by atoms with Crippen LogP contribution in [0.2, 0.25) is 0 Å². The van der Waals surface area contributed by atoms with Crippen LogP contribution in [0.25, 0.3) is 0 Å². The molecule has 1 atom stereocenters. The maximum absolute atomic E-state index is 12.7. The van der Waals surface area contributed by atoms with E-state index in [1.807, 2.05) is 19.1 Å². The molecule has 2 aliphatic heterocycles. The summed E-state index contributed by atoms with van der Waals surface area (Å²) in [5.74, 6) is 2.27. The molecule has 0 aromatic carbocycles. The fraction of sp³-hybridized carbons (Fsp3) is 0.636. The maximum atomic E-state index is 12.7. The van der Waals surface area contributed by atoms with Gasteiger partial charge in [-0.1, -0.05) is 24.3 Å². The highest BCUT2D eigenvalue weighted by molar-refractivity contribution is 7.15. The van der Waals surface area contributed by atoms with Gasteiger partial charge < -0.3 is 15.1 Å². The summed E-state index contributed by atoms with van der Waals surface area (Å²) in [5, 5.41) is 13.1. The number of pyridine rings is 1. The van der Waals surface area contributed by atoms with E-state index in [1.54, 1.807) is 0 Å². The highest BCUT2D eigenvalue weighted by atomic mass is 32.1. The summed E-state index contributed by atoms with van der Waals surface area (Å²) in [7, 11) is 0. The summed E-state index contributed by atoms with van der Waals surface area (Å²) in [6, 6.07) is 6.09. The van der Waals surface area contributed by atoms with E-state index in [4.69, 9.17) is 4.98 Å². The van der Waals surface area contributed by atoms with Gasteiger partial charge in [0.05, 0.1) is 0 Å². The molecule has 0 saturated carbocycles. The number of hydrogen-bond acceptors (Lipinski definition) is 7. The molecule has 0 spiro atoms. The molecule has 2 aromatic rings. The Balaban J connectivity index is 1.26. The number of piperidine rings is 2. The van der Waals surface area contributed by atoms with Crippen molar-refractivity contribution in [2.75, 3.05) is 38.0 Å². The first-order valence-electron chi connectivity index (χ1n) is 11.1. The van der Waals surface area contributed by atoms with Crippen molar-refractivity contribution in [3.05, 3.63) is 28.9 Å². The van der Waals surface area contributed by atoms with Gasteiger partial charge in [-0.25, -0.2) is 4.98 Å². The van der Waals surface area contributed by atoms with Crippen LogP contribution in [-0.2, 0) is 4.79 Å². The maximum Gasteiger partial charge on any atom is 0.223 e. The Kier molecular flexibility index (Phi) is 6.94. The zero-order chi connectivity index (χ0) is 20.9. The molecule has 1 amide bonds. The first-order chi connectivity index (χ1) is 14.6. The number of nitrogens with one attached hydrogen (secondary N) is 1. The van der Waals surface area contributed by atoms with Crippen LogP contribution in [0.1, 0.15) is 55.6 Å². The fourth-order valence-electron chi connectivity index (χ4n) is 4.53. The van der Waals surface area contributed by atoms with Gasteiger partial charge in [0.1, 0.15) is 10.8 Å². The van der Waals surface area contributed by atoms with Crippen molar-refractivity contribution in [1.82, 2.24) is 25.0 Å². The number of aryl methyl sites for hydroxylation is 1. The van der Waals surface area contributed by atoms with E-state index >= 15 is 0 Å². The second-order valence-electron chi connectivity index (χ2n) is 8.65. The molecule has 1 unspecified atom stereocenters. The Morgan fingerprint density at radius 1 is 1.20 bits per heavy atom. The standard InChI is InChI=1S/C22H32N6OS/c1-16-5-4-11-27(15-16)12-10-21(29)28-13-8-18(9-14-28)19-6-3-7-20(23-19)24-22-26-25-17(2)30-22/h3,6-7,16,18H,4-5,8-15H2,1-2H3,(H,23,24,26). The molecule has 2 aromatic heterocycles. The fourth-order valence-corrected chi connectivity index (χ4v) is 5.13. The molecule has 1 N–H and O–H groups in total. The van der Waals surface area contributed by atoms with Gasteiger partial charge in [-0.15, -0.1) is 10.2 Å². The van der Waals surface area contributed by atoms with Crippen LogP contribution in [0.3, 0.4) is 0 Å². The molecule has 4 heterocycles. The van der Waals surface area contributed by atoms with Gasteiger partial charge in [0.25, 0.3) is 0 Å². The number of anilines is 2. The normalized spacial score (nSPS) is 21.0. The van der Waals surface area contributed by atoms with Crippen LogP contribution < -0.4 is 5.32 Å². The van der Waals surface area contributed by atoms with Gasteiger partial charge in [-0.05, 0) is 57.2 Å². The number of aromatic nitrogens is 3. The Labute approximate surface area is 182 Å². The third kappa shape index (κ3) is 5.55. The molecule has 0 aliphatic carbocycles. The predicted octanol–water partition coefficient (Wildman–Crippen LogP) is 3.81. The van der Waals surface area contributed by atoms with Gasteiger partial charge in [0.15, 0.2) is 0 Å². The van der Waals surface area contributed by atoms with Crippen LogP contribution in [-0.4, -0.2) is 63.6 Å². The quantitative estimate of drug-likeness (QED) is 0.754. The topological polar surface area (TPSA) is 74.2 Å². The smallest absolute Gasteiger partial charge is 0.223 e. The van der Waals surface area contributed by atoms with Crippen LogP contribution in [0.15, 0.2) is 18.2 Å². The third-order valence-corrected chi connectivity index (χ3v) is 6.93. The van der Waals surface area contributed by atoms with Crippen LogP contribution >= 0.6 is 11.3 Å². The molecule has 2 fully saturated rings. The molecular weight excluding hydrogens is 396 g/mol. The first-order valence-corrected chi connectivity index (χ1v) is 11.9. The number of nitrogens with zero attached hydrogens (tertiary/aromatic N) is 5. The second-order valence-corrected chi connectivity index (χ2v) is 9.83. The number of likely N-dealkylation sites (tertiary alicyclic amines) is 2. The zero-order valence-corrected chi connectivity index (χ0v) is 18.8.